The molecule has 0 saturated heterocycles. The molecule has 6 aliphatic rings. The van der Waals surface area contributed by atoms with Gasteiger partial charge < -0.3 is 0 Å². The molecule has 2 heterocycles. The van der Waals surface area contributed by atoms with Crippen LogP contribution in [0.15, 0.2) is 124 Å². The molecule has 0 radical (unpaired) electrons. The second-order valence-corrected chi connectivity index (χ2v) is 16.8. The van der Waals surface area contributed by atoms with E-state index in [4.69, 9.17) is 5.84 Å². The van der Waals surface area contributed by atoms with Gasteiger partial charge in [0.1, 0.15) is 6.54 Å². The predicted octanol–water partition coefficient (Wildman–Crippen LogP) is 11.4. The van der Waals surface area contributed by atoms with Crippen LogP contribution in [0.5, 0.6) is 0 Å². The van der Waals surface area contributed by atoms with E-state index in [0.717, 1.165) is 56.5 Å². The van der Waals surface area contributed by atoms with Crippen LogP contribution in [0, 0.1) is 10.8 Å². The highest BCUT2D eigenvalue weighted by atomic mass is 15.4. The first-order chi connectivity index (χ1) is 23.8. The maximum Gasteiger partial charge on any atom is 0.206 e. The number of benzene rings is 1. The Bertz CT molecular complexity index is 1950. The van der Waals surface area contributed by atoms with Crippen molar-refractivity contribution in [3.8, 4) is 0 Å². The van der Waals surface area contributed by atoms with Crippen molar-refractivity contribution in [1.82, 2.24) is 0 Å². The molecule has 260 valence electrons. The molecule has 1 aromatic carbocycles. The average molecular weight is 665 g/mol. The van der Waals surface area contributed by atoms with Crippen molar-refractivity contribution in [2.75, 3.05) is 11.6 Å². The fraction of sp³-hybridized carbons (Fsp3) is 0.426. The quantitative estimate of drug-likeness (QED) is 0.123. The lowest BCUT2D eigenvalue weighted by molar-refractivity contribution is -0.469. The zero-order valence-corrected chi connectivity index (χ0v) is 31.8. The van der Waals surface area contributed by atoms with Gasteiger partial charge in [0.25, 0.3) is 0 Å². The van der Waals surface area contributed by atoms with E-state index in [1.165, 1.54) is 80.8 Å². The lowest BCUT2D eigenvalue weighted by Gasteiger charge is -2.35. The third-order valence-corrected chi connectivity index (χ3v) is 12.5. The molecule has 2 aliphatic heterocycles. The van der Waals surface area contributed by atoms with Crippen molar-refractivity contribution in [2.45, 2.75) is 112 Å². The first-order valence-corrected chi connectivity index (χ1v) is 19.1. The first kappa shape index (κ1) is 34.5. The number of unbranched alkanes of at least 4 members (excludes halogenated alkanes) is 2. The zero-order chi connectivity index (χ0) is 35.4. The standard InChI is InChI=1S/C47H58N3/c1-32(2)16-10-9-15-31-49-39-28-30-47(8)29-14-13-19-38(47)44(39)45(4,5)41(49)26-23-34-20-21-35(33(34)3)24-27-42-46(6,7)43-37-18-12-11-17-36(37)22-25-40(43)50(42)48/h12-14,18-19,22-29H,1,9-11,15-17,20-21,30-31,48H2,2-8H3/q+1. The minimum atomic E-state index is -0.160. The molecule has 0 aromatic heterocycles. The van der Waals surface area contributed by atoms with Gasteiger partial charge in [-0.3, -0.25) is 5.01 Å². The molecule has 1 atom stereocenters. The van der Waals surface area contributed by atoms with E-state index in [1.54, 1.807) is 0 Å². The van der Waals surface area contributed by atoms with Gasteiger partial charge in [0, 0.05) is 34.6 Å². The smallest absolute Gasteiger partial charge is 0.206 e. The number of nitrogens with two attached hydrogens (primary N) is 1. The SMILES string of the molecule is C=C(C)CCCCC[N+]1=C(/C=C/C2=C(C)C(=C/C=C3/N(N)c4ccc5c(c4C3(C)C)C=CCC5)/CC2)C(C)(C)C2=C3C=CC=CC3(C)CC=C21. The molecule has 7 rings (SSSR count). The number of aryl methyl sites for hydroxylation is 1. The second-order valence-electron chi connectivity index (χ2n) is 16.8. The van der Waals surface area contributed by atoms with Crippen LogP contribution in [0.25, 0.3) is 6.08 Å². The molecule has 1 unspecified atom stereocenters. The first-order valence-electron chi connectivity index (χ1n) is 19.1. The molecule has 4 aliphatic carbocycles. The van der Waals surface area contributed by atoms with Gasteiger partial charge >= 0.3 is 0 Å². The Morgan fingerprint density at radius 3 is 2.58 bits per heavy atom. The van der Waals surface area contributed by atoms with E-state index < -0.39 is 0 Å². The van der Waals surface area contributed by atoms with Crippen molar-refractivity contribution in [3.05, 3.63) is 141 Å². The Morgan fingerprint density at radius 1 is 0.960 bits per heavy atom. The van der Waals surface area contributed by atoms with E-state index in [1.807, 2.05) is 5.01 Å². The van der Waals surface area contributed by atoms with Gasteiger partial charge in [-0.1, -0.05) is 81.0 Å². The fourth-order valence-electron chi connectivity index (χ4n) is 9.54. The van der Waals surface area contributed by atoms with Gasteiger partial charge in [0.05, 0.1) is 11.1 Å². The highest BCUT2D eigenvalue weighted by Gasteiger charge is 2.52. The normalized spacial score (nSPS) is 26.1. The molecule has 50 heavy (non-hydrogen) atoms. The highest BCUT2D eigenvalue weighted by Crippen LogP contribution is 2.53. The van der Waals surface area contributed by atoms with Crippen molar-refractivity contribution in [3.63, 3.8) is 0 Å². The van der Waals surface area contributed by atoms with Crippen molar-refractivity contribution in [1.29, 1.82) is 0 Å². The number of anilines is 1. The minimum Gasteiger partial charge on any atom is -0.283 e. The van der Waals surface area contributed by atoms with Gasteiger partial charge in [-0.15, -0.1) is 6.58 Å². The number of rotatable bonds is 9. The maximum absolute atomic E-state index is 6.83. The second kappa shape index (κ2) is 13.0. The van der Waals surface area contributed by atoms with Crippen LogP contribution >= 0.6 is 0 Å². The van der Waals surface area contributed by atoms with Crippen LogP contribution in [0.1, 0.15) is 117 Å². The summed E-state index contributed by atoms with van der Waals surface area (Å²) in [5, 5.41) is 1.93. The number of hydrogen-bond acceptors (Lipinski definition) is 2. The van der Waals surface area contributed by atoms with Crippen LogP contribution in [0.4, 0.5) is 5.69 Å². The van der Waals surface area contributed by atoms with Gasteiger partial charge in [-0.05, 0) is 136 Å². The maximum atomic E-state index is 6.83. The summed E-state index contributed by atoms with van der Waals surface area (Å²) in [5.74, 6) is 6.83. The summed E-state index contributed by atoms with van der Waals surface area (Å²) in [6, 6.07) is 4.50. The lowest BCUT2D eigenvalue weighted by atomic mass is 9.66. The van der Waals surface area contributed by atoms with Crippen LogP contribution in [-0.4, -0.2) is 16.8 Å². The Balaban J connectivity index is 1.19. The number of allylic oxidation sites excluding steroid dienone is 17. The Labute approximate surface area is 302 Å². The zero-order valence-electron chi connectivity index (χ0n) is 31.8. The molecule has 1 aromatic rings. The number of nitrogens with zero attached hydrogens (tertiary/aromatic N) is 2. The molecule has 0 bridgehead atoms. The topological polar surface area (TPSA) is 32.3 Å². The monoisotopic (exact) mass is 664 g/mol. The van der Waals surface area contributed by atoms with Crippen LogP contribution in [0.2, 0.25) is 0 Å². The Kier molecular flexibility index (Phi) is 8.96. The molecular formula is C47H58N3+. The van der Waals surface area contributed by atoms with Crippen LogP contribution in [-0.2, 0) is 11.8 Å². The number of hydrogen-bond donors (Lipinski definition) is 1. The predicted molar refractivity (Wildman–Crippen MR) is 214 cm³/mol. The van der Waals surface area contributed by atoms with Gasteiger partial charge in [0.2, 0.25) is 5.70 Å². The summed E-state index contributed by atoms with van der Waals surface area (Å²) < 4.78 is 2.67. The summed E-state index contributed by atoms with van der Waals surface area (Å²) in [5.41, 5.74) is 17.7. The lowest BCUT2D eigenvalue weighted by Crippen LogP contribution is -2.31. The van der Waals surface area contributed by atoms with E-state index in [2.05, 4.69) is 139 Å². The summed E-state index contributed by atoms with van der Waals surface area (Å²) in [7, 11) is 0. The Hall–Kier alpha value is -3.95. The highest BCUT2D eigenvalue weighted by molar-refractivity contribution is 6.01. The van der Waals surface area contributed by atoms with Crippen LogP contribution < -0.4 is 10.9 Å². The fourth-order valence-corrected chi connectivity index (χ4v) is 9.54. The molecule has 0 fully saturated rings. The largest absolute Gasteiger partial charge is 0.283 e. The number of fused-ring (bicyclic) bond motifs is 5. The van der Waals surface area contributed by atoms with Gasteiger partial charge in [0.15, 0.2) is 5.71 Å². The van der Waals surface area contributed by atoms with E-state index in [-0.39, 0.29) is 16.2 Å². The molecule has 0 spiro atoms. The summed E-state index contributed by atoms with van der Waals surface area (Å²) in [6.45, 7) is 21.6. The molecule has 0 saturated carbocycles. The molecule has 2 N–H and O–H groups in total. The molecule has 0 amide bonds. The van der Waals surface area contributed by atoms with E-state index in [0.29, 0.717) is 0 Å². The Morgan fingerprint density at radius 2 is 1.78 bits per heavy atom. The van der Waals surface area contributed by atoms with Crippen LogP contribution in [0.3, 0.4) is 0 Å². The summed E-state index contributed by atoms with van der Waals surface area (Å²) in [6.07, 6.45) is 36.1. The molecular weight excluding hydrogens is 607 g/mol. The van der Waals surface area contributed by atoms with Gasteiger partial charge in [-0.2, -0.15) is 4.58 Å². The van der Waals surface area contributed by atoms with Gasteiger partial charge in [-0.25, -0.2) is 5.84 Å². The number of hydrazine groups is 1. The van der Waals surface area contributed by atoms with Crippen molar-refractivity contribution >= 4 is 17.5 Å². The van der Waals surface area contributed by atoms with Crippen molar-refractivity contribution in [2.24, 2.45) is 16.7 Å². The third kappa shape index (κ3) is 5.76. The molecule has 3 nitrogen and oxygen atoms in total. The van der Waals surface area contributed by atoms with E-state index in [9.17, 15) is 0 Å². The summed E-state index contributed by atoms with van der Waals surface area (Å²) >= 11 is 0. The third-order valence-electron chi connectivity index (χ3n) is 12.5. The minimum absolute atomic E-state index is 0.0698. The average Bonchev–Trinajstić information content (AvgIpc) is 3.61. The molecule has 3 heteroatoms. The van der Waals surface area contributed by atoms with Crippen molar-refractivity contribution < 1.29 is 4.58 Å². The van der Waals surface area contributed by atoms with E-state index >= 15 is 0 Å². The summed E-state index contributed by atoms with van der Waals surface area (Å²) in [4.78, 5) is 0.